The monoisotopic (exact) mass is 163 g/mol. The van der Waals surface area contributed by atoms with Crippen molar-refractivity contribution >= 4 is 0 Å². The molecule has 0 unspecified atom stereocenters. The van der Waals surface area contributed by atoms with Gasteiger partial charge in [-0.05, 0) is 37.5 Å². The molecule has 1 rings (SSSR count). The molecule has 0 aromatic heterocycles. The predicted octanol–water partition coefficient (Wildman–Crippen LogP) is 2.83. The van der Waals surface area contributed by atoms with Crippen molar-refractivity contribution in [1.82, 2.24) is 0 Å². The standard InChI is InChI=1S/C11H15O/c1-4-10-9(3)7-6-8-11(10)12-5-2/h6-8H,3-5H2,1-2H3. The molecule has 0 aliphatic carbocycles. The van der Waals surface area contributed by atoms with Crippen LogP contribution in [-0.2, 0) is 6.42 Å². The van der Waals surface area contributed by atoms with Crippen molar-refractivity contribution < 1.29 is 4.74 Å². The quantitative estimate of drug-likeness (QED) is 0.665. The van der Waals surface area contributed by atoms with Crippen LogP contribution in [0.25, 0.3) is 0 Å². The van der Waals surface area contributed by atoms with E-state index in [1.807, 2.05) is 25.1 Å². The highest BCUT2D eigenvalue weighted by Gasteiger charge is 2.02. The smallest absolute Gasteiger partial charge is 0.122 e. The summed E-state index contributed by atoms with van der Waals surface area (Å²) in [7, 11) is 0. The Balaban J connectivity index is 3.00. The lowest BCUT2D eigenvalue weighted by molar-refractivity contribution is 0.336. The van der Waals surface area contributed by atoms with E-state index in [4.69, 9.17) is 4.74 Å². The Labute approximate surface area is 74.4 Å². The molecule has 1 nitrogen and oxygen atoms in total. The molecule has 0 saturated heterocycles. The molecule has 1 radical (unpaired) electrons. The van der Waals surface area contributed by atoms with Gasteiger partial charge in [-0.25, -0.2) is 0 Å². The van der Waals surface area contributed by atoms with Crippen LogP contribution < -0.4 is 4.74 Å². The van der Waals surface area contributed by atoms with E-state index >= 15 is 0 Å². The predicted molar refractivity (Wildman–Crippen MR) is 51.4 cm³/mol. The van der Waals surface area contributed by atoms with Crippen LogP contribution in [0.15, 0.2) is 18.2 Å². The van der Waals surface area contributed by atoms with E-state index in [1.54, 1.807) is 0 Å². The molecule has 0 N–H and O–H groups in total. The van der Waals surface area contributed by atoms with Gasteiger partial charge in [-0.2, -0.15) is 0 Å². The van der Waals surface area contributed by atoms with Crippen molar-refractivity contribution in [2.45, 2.75) is 20.3 Å². The molecule has 0 bridgehead atoms. The lowest BCUT2D eigenvalue weighted by atomic mass is 10.1. The molecule has 0 aliphatic rings. The molecule has 0 saturated carbocycles. The van der Waals surface area contributed by atoms with Crippen molar-refractivity contribution in [2.75, 3.05) is 6.61 Å². The van der Waals surface area contributed by atoms with Crippen LogP contribution in [0.4, 0.5) is 0 Å². The molecule has 0 atom stereocenters. The minimum absolute atomic E-state index is 0.719. The summed E-state index contributed by atoms with van der Waals surface area (Å²) in [5.41, 5.74) is 2.29. The highest BCUT2D eigenvalue weighted by Crippen LogP contribution is 2.22. The Kier molecular flexibility index (Phi) is 3.15. The van der Waals surface area contributed by atoms with Crippen molar-refractivity contribution in [3.63, 3.8) is 0 Å². The van der Waals surface area contributed by atoms with Gasteiger partial charge in [-0.15, -0.1) is 0 Å². The summed E-state index contributed by atoms with van der Waals surface area (Å²) in [6, 6.07) is 5.99. The largest absolute Gasteiger partial charge is 0.494 e. The van der Waals surface area contributed by atoms with Crippen LogP contribution >= 0.6 is 0 Å². The van der Waals surface area contributed by atoms with E-state index in [0.717, 1.165) is 24.3 Å². The van der Waals surface area contributed by atoms with Crippen molar-refractivity contribution in [1.29, 1.82) is 0 Å². The molecule has 0 amide bonds. The molecule has 1 aromatic carbocycles. The first-order valence-electron chi connectivity index (χ1n) is 4.36. The van der Waals surface area contributed by atoms with Gasteiger partial charge in [0.1, 0.15) is 5.75 Å². The Morgan fingerprint density at radius 3 is 2.67 bits per heavy atom. The molecular formula is C11H15O. The van der Waals surface area contributed by atoms with Crippen molar-refractivity contribution in [2.24, 2.45) is 0 Å². The fourth-order valence-electron chi connectivity index (χ4n) is 1.30. The van der Waals surface area contributed by atoms with E-state index in [1.165, 1.54) is 5.56 Å². The lowest BCUT2D eigenvalue weighted by Crippen LogP contribution is -1.97. The zero-order valence-electron chi connectivity index (χ0n) is 7.76. The number of ether oxygens (including phenoxy) is 1. The molecule has 1 heteroatoms. The van der Waals surface area contributed by atoms with Crippen LogP contribution in [-0.4, -0.2) is 6.61 Å². The van der Waals surface area contributed by atoms with Gasteiger partial charge >= 0.3 is 0 Å². The normalized spacial score (nSPS) is 9.92. The number of rotatable bonds is 3. The van der Waals surface area contributed by atoms with Gasteiger partial charge in [0.25, 0.3) is 0 Å². The molecule has 12 heavy (non-hydrogen) atoms. The van der Waals surface area contributed by atoms with Crippen LogP contribution in [0, 0.1) is 6.92 Å². The van der Waals surface area contributed by atoms with E-state index in [0.29, 0.717) is 0 Å². The summed E-state index contributed by atoms with van der Waals surface area (Å²) in [6.45, 7) is 8.79. The number of hydrogen-bond acceptors (Lipinski definition) is 1. The highest BCUT2D eigenvalue weighted by atomic mass is 16.5. The maximum Gasteiger partial charge on any atom is 0.122 e. The van der Waals surface area contributed by atoms with Crippen LogP contribution in [0.3, 0.4) is 0 Å². The van der Waals surface area contributed by atoms with E-state index < -0.39 is 0 Å². The summed E-state index contributed by atoms with van der Waals surface area (Å²) in [4.78, 5) is 0. The van der Waals surface area contributed by atoms with Crippen LogP contribution in [0.5, 0.6) is 5.75 Å². The first kappa shape index (κ1) is 9.11. The summed E-state index contributed by atoms with van der Waals surface area (Å²) in [5.74, 6) is 0.979. The summed E-state index contributed by atoms with van der Waals surface area (Å²) in [6.07, 6.45) is 0.981. The third kappa shape index (κ3) is 1.79. The summed E-state index contributed by atoms with van der Waals surface area (Å²) in [5, 5.41) is 0. The van der Waals surface area contributed by atoms with Gasteiger partial charge in [0, 0.05) is 0 Å². The van der Waals surface area contributed by atoms with E-state index in [2.05, 4.69) is 13.8 Å². The zero-order valence-corrected chi connectivity index (χ0v) is 7.76. The second-order valence-electron chi connectivity index (χ2n) is 2.68. The molecular weight excluding hydrogens is 148 g/mol. The van der Waals surface area contributed by atoms with Gasteiger partial charge in [0.2, 0.25) is 0 Å². The molecule has 0 fully saturated rings. The van der Waals surface area contributed by atoms with Crippen molar-refractivity contribution in [3.8, 4) is 5.75 Å². The topological polar surface area (TPSA) is 9.23 Å². The SMILES string of the molecule is [CH2]c1cccc(OCC)c1CC. The van der Waals surface area contributed by atoms with Crippen LogP contribution in [0.1, 0.15) is 25.0 Å². The number of hydrogen-bond donors (Lipinski definition) is 0. The molecule has 0 heterocycles. The Morgan fingerprint density at radius 1 is 1.33 bits per heavy atom. The second-order valence-corrected chi connectivity index (χ2v) is 2.68. The fraction of sp³-hybridized carbons (Fsp3) is 0.364. The molecule has 1 aromatic rings. The average Bonchev–Trinajstić information content (AvgIpc) is 2.05. The fourth-order valence-corrected chi connectivity index (χ4v) is 1.30. The third-order valence-electron chi connectivity index (χ3n) is 1.88. The van der Waals surface area contributed by atoms with Gasteiger partial charge in [0.15, 0.2) is 0 Å². The second kappa shape index (κ2) is 4.15. The van der Waals surface area contributed by atoms with E-state index in [9.17, 15) is 0 Å². The first-order valence-corrected chi connectivity index (χ1v) is 4.36. The minimum Gasteiger partial charge on any atom is -0.494 e. The average molecular weight is 163 g/mol. The zero-order chi connectivity index (χ0) is 8.97. The summed E-state index contributed by atoms with van der Waals surface area (Å²) < 4.78 is 5.47. The Bertz CT molecular complexity index is 253. The molecule has 0 spiro atoms. The number of benzene rings is 1. The minimum atomic E-state index is 0.719. The molecule has 0 aliphatic heterocycles. The van der Waals surface area contributed by atoms with Gasteiger partial charge in [-0.3, -0.25) is 0 Å². The maximum atomic E-state index is 5.47. The van der Waals surface area contributed by atoms with E-state index in [-0.39, 0.29) is 0 Å². The Hall–Kier alpha value is -0.980. The first-order chi connectivity index (χ1) is 5.79. The van der Waals surface area contributed by atoms with Gasteiger partial charge in [-0.1, -0.05) is 19.1 Å². The highest BCUT2D eigenvalue weighted by molar-refractivity contribution is 5.41. The van der Waals surface area contributed by atoms with Gasteiger partial charge < -0.3 is 4.74 Å². The van der Waals surface area contributed by atoms with Crippen molar-refractivity contribution in [3.05, 3.63) is 36.2 Å². The lowest BCUT2D eigenvalue weighted by Gasteiger charge is -2.10. The van der Waals surface area contributed by atoms with Crippen LogP contribution in [0.2, 0.25) is 0 Å². The Morgan fingerprint density at radius 2 is 2.08 bits per heavy atom. The third-order valence-corrected chi connectivity index (χ3v) is 1.88. The van der Waals surface area contributed by atoms with Gasteiger partial charge in [0.05, 0.1) is 6.61 Å². The molecule has 65 valence electrons. The summed E-state index contributed by atoms with van der Waals surface area (Å²) >= 11 is 0. The maximum absolute atomic E-state index is 5.47.